The van der Waals surface area contributed by atoms with Gasteiger partial charge in [0.1, 0.15) is 183 Å². The van der Waals surface area contributed by atoms with E-state index in [0.717, 1.165) is 42.5 Å². The number of esters is 2. The van der Waals surface area contributed by atoms with Gasteiger partial charge in [-0.25, -0.2) is 9.59 Å². The molecule has 31 atom stereocenters. The van der Waals surface area contributed by atoms with E-state index in [2.05, 4.69) is 0 Å². The van der Waals surface area contributed by atoms with E-state index >= 15 is 0 Å². The molecule has 580 valence electrons. The Morgan fingerprint density at radius 3 is 1.41 bits per heavy atom. The Labute approximate surface area is 591 Å². The van der Waals surface area contributed by atoms with E-state index in [9.17, 15) is 127 Å². The summed E-state index contributed by atoms with van der Waals surface area (Å²) in [5, 5.41) is 249. The number of benzene rings is 3. The minimum absolute atomic E-state index is 0.0238. The average Bonchev–Trinajstić information content (AvgIpc) is 0.765. The molecule has 0 aromatic heterocycles. The van der Waals surface area contributed by atoms with Crippen molar-refractivity contribution in [3.8, 4) is 28.7 Å². The number of rotatable bonds is 22. The first kappa shape index (κ1) is 78.9. The predicted octanol–water partition coefficient (Wildman–Crippen LogP) is -8.68. The number of ether oxygens (including phenoxy) is 15. The molecule has 0 spiro atoms. The lowest BCUT2D eigenvalue weighted by Crippen LogP contribution is -2.67. The maximum atomic E-state index is 13.8. The summed E-state index contributed by atoms with van der Waals surface area (Å²) in [5.41, 5.74) is -0.737. The van der Waals surface area contributed by atoms with Gasteiger partial charge in [0.05, 0.1) is 37.1 Å². The van der Waals surface area contributed by atoms with Crippen LogP contribution in [0.1, 0.15) is 33.2 Å². The Morgan fingerprint density at radius 2 is 0.857 bits per heavy atom. The van der Waals surface area contributed by atoms with Crippen LogP contribution in [-0.2, 0) is 66.3 Å². The van der Waals surface area contributed by atoms with E-state index in [1.165, 1.54) is 43.3 Å². The minimum Gasteiger partial charge on any atom is -0.508 e. The SMILES string of the molecule is CC1O[C@@H](OCC2O[C@@H](OC3=C(c4cc(O)c(O)c(O)c4)OC4=CC(O[C@@H]5OC(COC(=O)c6ccc(O[C@@H]7OC(COC(=O)c8ccc(O)cc8)[C@@H](O)[C@H](O)C7O)cc6)[C@@H](O)[C@H](O[C@@H]6OC(CO)[C@@H](O)[C@H](O[C@@H]7OC(CO)[C@@H](O)[C@H](O)C7O)C6O)C5O)=CC(O)C4=C3)C(O)[C@@H](O)[C@@H]2O)C(O)[C@@H](O)[C@H]1O. The topological polar surface area (TPSA) is 638 Å². The lowest BCUT2D eigenvalue weighted by Gasteiger charge is -2.48. The zero-order chi connectivity index (χ0) is 75.9. The Morgan fingerprint density at radius 1 is 0.429 bits per heavy atom. The standard InChI is InChI=1S/C65H80O40/c1-20-38(72)45(79)49(83)60(94-20)93-19-36-42(76)48(82)51(85)62(102-36)98-32-14-27-28(69)12-26(13-31(27)97-55(32)23-10-29(70)39(73)30(71)11-23)96-64-53(87)57(105-65-54(88)56(43(77)34(16-67)100-65)104-63-52(86)46(80)40(74)33(15-66)99-63)44(78)37(103-64)18-92-59(90)22-4-8-25(9-5-22)95-61-50(84)47(81)41(75)35(101-61)17-91-58(89)21-2-6-24(68)7-3-21/h2-14,20,28,33-38,40-54,56-57,60-88H,15-19H2,1H3/t20?,28?,33?,34?,35?,36?,37?,38-,40+,41+,42+,43+,44+,45-,46-,47-,48-,49?,50?,51?,52?,53?,54?,56-,57-,60+,61+,62+,63-,64+,65-/m0/s1. The predicted molar refractivity (Wildman–Crippen MR) is 331 cm³/mol. The van der Waals surface area contributed by atoms with Crippen molar-refractivity contribution in [1.29, 1.82) is 0 Å². The van der Waals surface area contributed by atoms with Crippen molar-refractivity contribution >= 4 is 17.7 Å². The highest BCUT2D eigenvalue weighted by Crippen LogP contribution is 2.45. The zero-order valence-corrected chi connectivity index (χ0v) is 54.7. The third-order valence-corrected chi connectivity index (χ3v) is 18.4. The molecule has 40 nitrogen and oxygen atoms in total. The summed E-state index contributed by atoms with van der Waals surface area (Å²) in [6.45, 7) is -2.96. The highest BCUT2D eigenvalue weighted by Gasteiger charge is 2.56. The molecule has 3 aromatic carbocycles. The Kier molecular flexibility index (Phi) is 24.9. The second-order valence-corrected chi connectivity index (χ2v) is 25.6. The van der Waals surface area contributed by atoms with Crippen molar-refractivity contribution in [3.63, 3.8) is 0 Å². The van der Waals surface area contributed by atoms with Crippen molar-refractivity contribution in [3.05, 3.63) is 118 Å². The van der Waals surface area contributed by atoms with Gasteiger partial charge in [-0.05, 0) is 79.7 Å². The second-order valence-electron chi connectivity index (χ2n) is 25.6. The number of aliphatic hydroxyl groups excluding tert-OH is 19. The molecule has 6 fully saturated rings. The number of phenolic OH excluding ortho intramolecular Hbond substituents is 4. The summed E-state index contributed by atoms with van der Waals surface area (Å²) < 4.78 is 86.2. The van der Waals surface area contributed by atoms with Gasteiger partial charge in [-0.2, -0.15) is 0 Å². The van der Waals surface area contributed by atoms with Crippen LogP contribution in [0.2, 0.25) is 0 Å². The highest BCUT2D eigenvalue weighted by atomic mass is 16.8. The van der Waals surface area contributed by atoms with Crippen molar-refractivity contribution in [2.45, 2.75) is 197 Å². The number of aliphatic hydroxyl groups is 19. The van der Waals surface area contributed by atoms with Crippen LogP contribution >= 0.6 is 0 Å². The number of carbonyl (C=O) groups is 2. The van der Waals surface area contributed by atoms with Crippen LogP contribution in [-0.4, -0.2) is 353 Å². The number of aromatic hydroxyl groups is 4. The first-order valence-corrected chi connectivity index (χ1v) is 32.6. The Hall–Kier alpha value is -7.16. The Balaban J connectivity index is 0.830. The third kappa shape index (κ3) is 16.8. The molecule has 1 aliphatic carbocycles. The monoisotopic (exact) mass is 1500 g/mol. The van der Waals surface area contributed by atoms with Gasteiger partial charge in [0.15, 0.2) is 47.6 Å². The van der Waals surface area contributed by atoms with Gasteiger partial charge in [0.2, 0.25) is 18.9 Å². The number of phenols is 4. The average molecular weight is 1500 g/mol. The molecule has 0 radical (unpaired) electrons. The van der Waals surface area contributed by atoms with Gasteiger partial charge in [0, 0.05) is 17.2 Å². The van der Waals surface area contributed by atoms with Crippen LogP contribution in [0.15, 0.2) is 102 Å². The maximum Gasteiger partial charge on any atom is 0.338 e. The van der Waals surface area contributed by atoms with Crippen LogP contribution in [0.5, 0.6) is 28.7 Å². The molecule has 7 heterocycles. The van der Waals surface area contributed by atoms with E-state index in [4.69, 9.17) is 71.1 Å². The van der Waals surface area contributed by atoms with Crippen LogP contribution in [0.3, 0.4) is 0 Å². The van der Waals surface area contributed by atoms with Gasteiger partial charge >= 0.3 is 11.9 Å². The van der Waals surface area contributed by atoms with Gasteiger partial charge in [-0.3, -0.25) is 0 Å². The van der Waals surface area contributed by atoms with E-state index in [-0.39, 0.29) is 39.5 Å². The molecule has 13 unspecified atom stereocenters. The van der Waals surface area contributed by atoms with E-state index < -0.39 is 270 Å². The van der Waals surface area contributed by atoms with Gasteiger partial charge in [-0.15, -0.1) is 0 Å². The quantitative estimate of drug-likeness (QED) is 0.0328. The fraction of sp³-hybridized carbons (Fsp3) is 0.569. The van der Waals surface area contributed by atoms with Crippen LogP contribution in [0.25, 0.3) is 5.76 Å². The molecule has 6 saturated heterocycles. The molecule has 0 bridgehead atoms. The van der Waals surface area contributed by atoms with Crippen LogP contribution in [0.4, 0.5) is 0 Å². The van der Waals surface area contributed by atoms with Gasteiger partial charge in [-0.1, -0.05) is 0 Å². The van der Waals surface area contributed by atoms with Crippen LogP contribution < -0.4 is 4.74 Å². The van der Waals surface area contributed by atoms with Gasteiger partial charge < -0.3 is 189 Å². The molecule has 105 heavy (non-hydrogen) atoms. The molecule has 23 N–H and O–H groups in total. The summed E-state index contributed by atoms with van der Waals surface area (Å²) in [6, 6.07) is 11.4. The highest BCUT2D eigenvalue weighted by molar-refractivity contribution is 5.90. The van der Waals surface area contributed by atoms with Crippen molar-refractivity contribution in [2.75, 3.05) is 33.0 Å². The lowest BCUT2D eigenvalue weighted by atomic mass is 9.95. The van der Waals surface area contributed by atoms with E-state index in [1.807, 2.05) is 0 Å². The summed E-state index contributed by atoms with van der Waals surface area (Å²) >= 11 is 0. The molecular formula is C65H80O40. The largest absolute Gasteiger partial charge is 0.508 e. The molecule has 0 amide bonds. The van der Waals surface area contributed by atoms with E-state index in [1.54, 1.807) is 0 Å². The number of allylic oxidation sites excluding steroid dienone is 2. The second kappa shape index (κ2) is 33.1. The summed E-state index contributed by atoms with van der Waals surface area (Å²) in [4.78, 5) is 26.5. The fourth-order valence-electron chi connectivity index (χ4n) is 12.3. The molecule has 40 heteroatoms. The summed E-state index contributed by atoms with van der Waals surface area (Å²) in [5.74, 6) is -7.02. The van der Waals surface area contributed by atoms with Crippen molar-refractivity contribution in [1.82, 2.24) is 0 Å². The zero-order valence-electron chi connectivity index (χ0n) is 54.7. The normalized spacial score (nSPS) is 40.0. The number of hydrogen-bond donors (Lipinski definition) is 23. The number of hydrogen-bond acceptors (Lipinski definition) is 40. The van der Waals surface area contributed by atoms with Crippen molar-refractivity contribution < 1.29 is 198 Å². The first-order valence-electron chi connectivity index (χ1n) is 32.6. The summed E-state index contributed by atoms with van der Waals surface area (Å²) in [6.07, 6.45) is -55.5. The maximum absolute atomic E-state index is 13.8. The van der Waals surface area contributed by atoms with Crippen LogP contribution in [0, 0.1) is 0 Å². The van der Waals surface area contributed by atoms with Crippen molar-refractivity contribution in [2.24, 2.45) is 0 Å². The molecule has 0 saturated carbocycles. The smallest absolute Gasteiger partial charge is 0.338 e. The first-order chi connectivity index (χ1) is 49.8. The summed E-state index contributed by atoms with van der Waals surface area (Å²) in [7, 11) is 0. The fourth-order valence-corrected chi connectivity index (χ4v) is 12.3. The molecular weight excluding hydrogens is 1420 g/mol. The van der Waals surface area contributed by atoms with E-state index in [0.29, 0.717) is 0 Å². The molecule has 8 aliphatic rings. The molecule has 3 aromatic rings. The minimum atomic E-state index is -2.29. The van der Waals surface area contributed by atoms with Gasteiger partial charge in [0.25, 0.3) is 0 Å². The Bertz CT molecular complexity index is 3590. The molecule has 11 rings (SSSR count). The molecule has 7 aliphatic heterocycles. The third-order valence-electron chi connectivity index (χ3n) is 18.4. The number of carbonyl (C=O) groups excluding carboxylic acids is 2. The lowest BCUT2D eigenvalue weighted by molar-refractivity contribution is -0.379. The number of fused-ring (bicyclic) bond motifs is 1.